The maximum absolute atomic E-state index is 12.3. The first kappa shape index (κ1) is 20.0. The first-order chi connectivity index (χ1) is 14.6. The van der Waals surface area contributed by atoms with Gasteiger partial charge in [-0.2, -0.15) is 5.26 Å². The molecule has 4 rings (SSSR count). The Labute approximate surface area is 179 Å². The molecule has 5 nitrogen and oxygen atoms in total. The van der Waals surface area contributed by atoms with Crippen molar-refractivity contribution in [1.29, 1.82) is 5.26 Å². The van der Waals surface area contributed by atoms with Gasteiger partial charge in [-0.15, -0.1) is 0 Å². The van der Waals surface area contributed by atoms with E-state index in [-0.39, 0.29) is 11.7 Å². The molecule has 0 spiro atoms. The Morgan fingerprint density at radius 3 is 2.90 bits per heavy atom. The normalized spacial score (nSPS) is 11.0. The highest BCUT2D eigenvalue weighted by atomic mass is 32.2. The fraction of sp³-hybridized carbons (Fsp3) is 0.208. The number of nitriles is 1. The summed E-state index contributed by atoms with van der Waals surface area (Å²) in [5.41, 5.74) is 5.94. The summed E-state index contributed by atoms with van der Waals surface area (Å²) in [4.78, 5) is 20.3. The Kier molecular flexibility index (Phi) is 5.73. The smallest absolute Gasteiger partial charge is 0.230 e. The summed E-state index contributed by atoms with van der Waals surface area (Å²) >= 11 is 1.31. The number of hydrogen-bond acceptors (Lipinski definition) is 4. The highest BCUT2D eigenvalue weighted by Gasteiger charge is 2.12. The van der Waals surface area contributed by atoms with Gasteiger partial charge in [-0.05, 0) is 49.1 Å². The van der Waals surface area contributed by atoms with E-state index in [9.17, 15) is 10.1 Å². The van der Waals surface area contributed by atoms with Crippen LogP contribution < -0.4 is 5.32 Å². The summed E-state index contributed by atoms with van der Waals surface area (Å²) in [7, 11) is 0. The minimum atomic E-state index is -0.0633. The summed E-state index contributed by atoms with van der Waals surface area (Å²) in [5, 5.41) is 15.2. The summed E-state index contributed by atoms with van der Waals surface area (Å²) in [6.07, 6.45) is 2.75. The highest BCUT2D eigenvalue weighted by molar-refractivity contribution is 8.00. The predicted octanol–water partition coefficient (Wildman–Crippen LogP) is 4.66. The lowest BCUT2D eigenvalue weighted by Crippen LogP contribution is -2.27. The van der Waals surface area contributed by atoms with Gasteiger partial charge in [0.2, 0.25) is 5.91 Å². The SMILES string of the molecule is Cc1ccc2cc(C#N)c(SCC(=O)NCCc3c[nH]c4ccccc34)nc2c1C. The number of nitrogens with zero attached hydrogens (tertiary/aromatic N) is 2. The molecule has 0 bridgehead atoms. The maximum Gasteiger partial charge on any atom is 0.230 e. The van der Waals surface area contributed by atoms with Crippen LogP contribution in [-0.4, -0.2) is 28.2 Å². The van der Waals surface area contributed by atoms with Gasteiger partial charge in [-0.25, -0.2) is 4.98 Å². The van der Waals surface area contributed by atoms with E-state index < -0.39 is 0 Å². The molecule has 1 amide bonds. The number of nitrogens with one attached hydrogen (secondary N) is 2. The summed E-state index contributed by atoms with van der Waals surface area (Å²) < 4.78 is 0. The lowest BCUT2D eigenvalue weighted by Gasteiger charge is -2.09. The zero-order valence-corrected chi connectivity index (χ0v) is 17.8. The zero-order valence-electron chi connectivity index (χ0n) is 17.0. The van der Waals surface area contributed by atoms with Crippen LogP contribution >= 0.6 is 11.8 Å². The number of thioether (sulfide) groups is 1. The van der Waals surface area contributed by atoms with Gasteiger partial charge in [-0.3, -0.25) is 4.79 Å². The molecule has 0 radical (unpaired) electrons. The van der Waals surface area contributed by atoms with Gasteiger partial charge in [-0.1, -0.05) is 42.1 Å². The minimum absolute atomic E-state index is 0.0633. The largest absolute Gasteiger partial charge is 0.361 e. The molecule has 0 saturated heterocycles. The molecular weight excluding hydrogens is 392 g/mol. The lowest BCUT2D eigenvalue weighted by molar-refractivity contribution is -0.118. The average molecular weight is 415 g/mol. The first-order valence-corrected chi connectivity index (χ1v) is 10.8. The molecule has 0 atom stereocenters. The molecule has 0 aliphatic heterocycles. The van der Waals surface area contributed by atoms with E-state index in [1.807, 2.05) is 56.4 Å². The Balaban J connectivity index is 1.39. The van der Waals surface area contributed by atoms with Gasteiger partial charge in [0.1, 0.15) is 11.1 Å². The number of aryl methyl sites for hydroxylation is 2. The van der Waals surface area contributed by atoms with Crippen LogP contribution in [0.2, 0.25) is 0 Å². The van der Waals surface area contributed by atoms with Crippen molar-refractivity contribution in [2.75, 3.05) is 12.3 Å². The van der Waals surface area contributed by atoms with Crippen molar-refractivity contribution in [3.8, 4) is 6.07 Å². The number of amides is 1. The predicted molar refractivity (Wildman–Crippen MR) is 122 cm³/mol. The number of hydrogen-bond donors (Lipinski definition) is 2. The van der Waals surface area contributed by atoms with Gasteiger partial charge < -0.3 is 10.3 Å². The van der Waals surface area contributed by atoms with Crippen LogP contribution in [0.1, 0.15) is 22.3 Å². The van der Waals surface area contributed by atoms with Crippen molar-refractivity contribution in [3.63, 3.8) is 0 Å². The molecule has 4 aromatic rings. The third-order valence-corrected chi connectivity index (χ3v) is 6.32. The summed E-state index contributed by atoms with van der Waals surface area (Å²) in [6, 6.07) is 16.2. The second kappa shape index (κ2) is 8.60. The maximum atomic E-state index is 12.3. The molecule has 6 heteroatoms. The first-order valence-electron chi connectivity index (χ1n) is 9.82. The van der Waals surface area contributed by atoms with Gasteiger partial charge in [0.25, 0.3) is 0 Å². The highest BCUT2D eigenvalue weighted by Crippen LogP contribution is 2.27. The third-order valence-electron chi connectivity index (χ3n) is 5.33. The number of H-pyrrole nitrogens is 1. The molecule has 0 aliphatic rings. The van der Waals surface area contributed by atoms with Gasteiger partial charge >= 0.3 is 0 Å². The van der Waals surface area contributed by atoms with E-state index in [1.54, 1.807) is 0 Å². The summed E-state index contributed by atoms with van der Waals surface area (Å²) in [5.74, 6) is 0.165. The Bertz CT molecular complexity index is 1290. The van der Waals surface area contributed by atoms with Crippen molar-refractivity contribution in [1.82, 2.24) is 15.3 Å². The molecule has 150 valence electrons. The van der Waals surface area contributed by atoms with E-state index in [0.717, 1.165) is 34.0 Å². The molecule has 2 N–H and O–H groups in total. The Hall–Kier alpha value is -3.30. The number of pyridine rings is 1. The van der Waals surface area contributed by atoms with Crippen molar-refractivity contribution >= 4 is 39.5 Å². The number of aromatic nitrogens is 2. The van der Waals surface area contributed by atoms with Crippen molar-refractivity contribution in [2.45, 2.75) is 25.3 Å². The number of para-hydroxylation sites is 1. The van der Waals surface area contributed by atoms with Gasteiger partial charge in [0.15, 0.2) is 0 Å². The topological polar surface area (TPSA) is 81.6 Å². The zero-order chi connectivity index (χ0) is 21.1. The number of carbonyl (C=O) groups is 1. The van der Waals surface area contributed by atoms with E-state index in [1.165, 1.54) is 22.7 Å². The van der Waals surface area contributed by atoms with Gasteiger partial charge in [0.05, 0.1) is 16.8 Å². The van der Waals surface area contributed by atoms with Crippen molar-refractivity contribution < 1.29 is 4.79 Å². The molecule has 2 aromatic carbocycles. The Morgan fingerprint density at radius 2 is 2.07 bits per heavy atom. The van der Waals surface area contributed by atoms with Crippen LogP contribution in [0.4, 0.5) is 0 Å². The second-order valence-electron chi connectivity index (χ2n) is 7.28. The molecule has 0 saturated carbocycles. The number of fused-ring (bicyclic) bond motifs is 2. The van der Waals surface area contributed by atoms with E-state index >= 15 is 0 Å². The molecule has 2 heterocycles. The molecule has 0 unspecified atom stereocenters. The van der Waals surface area contributed by atoms with Crippen LogP contribution in [0.5, 0.6) is 0 Å². The summed E-state index contributed by atoms with van der Waals surface area (Å²) in [6.45, 7) is 4.64. The van der Waals surface area contributed by atoms with Crippen LogP contribution in [0, 0.1) is 25.2 Å². The standard InChI is InChI=1S/C24H22N4OS/c1-15-7-8-17-11-19(12-25)24(28-23(17)16(15)2)30-14-22(29)26-10-9-18-13-27-21-6-4-3-5-20(18)21/h3-8,11,13,27H,9-10,14H2,1-2H3,(H,26,29). The fourth-order valence-corrected chi connectivity index (χ4v) is 4.30. The molecular formula is C24H22N4OS. The Morgan fingerprint density at radius 1 is 1.23 bits per heavy atom. The quantitative estimate of drug-likeness (QED) is 0.450. The van der Waals surface area contributed by atoms with Crippen LogP contribution in [-0.2, 0) is 11.2 Å². The number of rotatable bonds is 6. The second-order valence-corrected chi connectivity index (χ2v) is 8.24. The monoisotopic (exact) mass is 414 g/mol. The number of benzene rings is 2. The number of carbonyl (C=O) groups excluding carboxylic acids is 1. The van der Waals surface area contributed by atoms with Crippen LogP contribution in [0.15, 0.2) is 53.7 Å². The molecule has 0 fully saturated rings. The van der Waals surface area contributed by atoms with Crippen LogP contribution in [0.25, 0.3) is 21.8 Å². The third kappa shape index (κ3) is 4.03. The van der Waals surface area contributed by atoms with E-state index in [0.29, 0.717) is 17.1 Å². The molecule has 2 aromatic heterocycles. The van der Waals surface area contributed by atoms with Crippen molar-refractivity contribution in [2.24, 2.45) is 0 Å². The van der Waals surface area contributed by atoms with E-state index in [4.69, 9.17) is 0 Å². The van der Waals surface area contributed by atoms with Crippen molar-refractivity contribution in [3.05, 3.63) is 70.9 Å². The lowest BCUT2D eigenvalue weighted by atomic mass is 10.0. The van der Waals surface area contributed by atoms with Gasteiger partial charge in [0, 0.05) is 29.0 Å². The average Bonchev–Trinajstić information content (AvgIpc) is 3.17. The minimum Gasteiger partial charge on any atom is -0.361 e. The fourth-order valence-electron chi connectivity index (χ4n) is 3.52. The molecule has 0 aliphatic carbocycles. The number of aromatic amines is 1. The molecule has 30 heavy (non-hydrogen) atoms. The van der Waals surface area contributed by atoms with Crippen LogP contribution in [0.3, 0.4) is 0 Å². The van der Waals surface area contributed by atoms with E-state index in [2.05, 4.69) is 27.4 Å².